The van der Waals surface area contributed by atoms with Gasteiger partial charge in [0.2, 0.25) is 5.91 Å². The number of nitrogens with one attached hydrogen (secondary N) is 1. The monoisotopic (exact) mass is 393 g/mol. The number of carbonyl (C=O) groups excluding carboxylic acids is 1. The summed E-state index contributed by atoms with van der Waals surface area (Å²) >= 11 is 0. The van der Waals surface area contributed by atoms with Crippen LogP contribution >= 0.6 is 0 Å². The second kappa shape index (κ2) is 11.0. The number of unbranched alkanes of at least 4 members (excludes halogenated alkanes) is 3. The Kier molecular flexibility index (Phi) is 8.15. The lowest BCUT2D eigenvalue weighted by Gasteiger charge is -2.32. The third-order valence-corrected chi connectivity index (χ3v) is 6.00. The van der Waals surface area contributed by atoms with Gasteiger partial charge in [0.05, 0.1) is 6.61 Å². The Morgan fingerprint density at radius 3 is 2.69 bits per heavy atom. The average Bonchev–Trinajstić information content (AvgIpc) is 2.74. The molecular formula is C26H35NO2. The van der Waals surface area contributed by atoms with E-state index in [-0.39, 0.29) is 5.91 Å². The number of benzene rings is 2. The van der Waals surface area contributed by atoms with Gasteiger partial charge in [0.1, 0.15) is 5.75 Å². The van der Waals surface area contributed by atoms with Crippen LogP contribution < -0.4 is 10.1 Å². The van der Waals surface area contributed by atoms with E-state index in [1.165, 1.54) is 36.0 Å². The third kappa shape index (κ3) is 6.35. The van der Waals surface area contributed by atoms with Crippen LogP contribution in [0.5, 0.6) is 5.75 Å². The van der Waals surface area contributed by atoms with Gasteiger partial charge in [0.15, 0.2) is 0 Å². The van der Waals surface area contributed by atoms with Gasteiger partial charge >= 0.3 is 0 Å². The molecule has 0 spiro atoms. The van der Waals surface area contributed by atoms with E-state index in [1.54, 1.807) is 6.92 Å². The smallest absolute Gasteiger partial charge is 0.216 e. The van der Waals surface area contributed by atoms with Gasteiger partial charge < -0.3 is 10.1 Å². The summed E-state index contributed by atoms with van der Waals surface area (Å²) in [6.07, 6.45) is 8.04. The fourth-order valence-electron chi connectivity index (χ4n) is 4.44. The molecule has 1 N–H and O–H groups in total. The molecule has 0 saturated heterocycles. The first-order valence-corrected chi connectivity index (χ1v) is 11.2. The lowest BCUT2D eigenvalue weighted by Crippen LogP contribution is -2.25. The zero-order valence-corrected chi connectivity index (χ0v) is 18.0. The molecule has 0 aliphatic heterocycles. The van der Waals surface area contributed by atoms with Crippen LogP contribution in [0.25, 0.3) is 0 Å². The first-order valence-electron chi connectivity index (χ1n) is 11.2. The molecule has 0 aromatic heterocycles. The van der Waals surface area contributed by atoms with E-state index in [0.29, 0.717) is 11.8 Å². The fourth-order valence-corrected chi connectivity index (χ4v) is 4.44. The van der Waals surface area contributed by atoms with Crippen molar-refractivity contribution in [3.05, 3.63) is 65.2 Å². The summed E-state index contributed by atoms with van der Waals surface area (Å²) in [6.45, 7) is 5.34. The van der Waals surface area contributed by atoms with Crippen molar-refractivity contribution in [3.63, 3.8) is 0 Å². The van der Waals surface area contributed by atoms with Gasteiger partial charge in [-0.1, -0.05) is 62.6 Å². The molecule has 29 heavy (non-hydrogen) atoms. The summed E-state index contributed by atoms with van der Waals surface area (Å²) < 4.78 is 6.05. The van der Waals surface area contributed by atoms with Gasteiger partial charge in [0, 0.05) is 13.5 Å². The van der Waals surface area contributed by atoms with E-state index in [0.717, 1.165) is 44.6 Å². The molecule has 3 heteroatoms. The first-order chi connectivity index (χ1) is 14.2. The van der Waals surface area contributed by atoms with Gasteiger partial charge in [0.25, 0.3) is 0 Å². The lowest BCUT2D eigenvalue weighted by molar-refractivity contribution is -0.118. The van der Waals surface area contributed by atoms with Crippen LogP contribution in [0.15, 0.2) is 48.5 Å². The maximum Gasteiger partial charge on any atom is 0.216 e. The predicted octanol–water partition coefficient (Wildman–Crippen LogP) is 5.99. The highest BCUT2D eigenvalue weighted by molar-refractivity contribution is 5.72. The van der Waals surface area contributed by atoms with Gasteiger partial charge in [-0.25, -0.2) is 0 Å². The molecule has 3 rings (SSSR count). The van der Waals surface area contributed by atoms with Crippen LogP contribution in [0.4, 0.5) is 0 Å². The minimum Gasteiger partial charge on any atom is -0.494 e. The molecule has 1 amide bonds. The second-order valence-electron chi connectivity index (χ2n) is 8.29. The Balaban J connectivity index is 1.72. The topological polar surface area (TPSA) is 38.3 Å². The Morgan fingerprint density at radius 1 is 1.10 bits per heavy atom. The van der Waals surface area contributed by atoms with E-state index in [1.807, 2.05) is 0 Å². The van der Waals surface area contributed by atoms with Crippen molar-refractivity contribution in [2.75, 3.05) is 13.2 Å². The molecule has 0 fully saturated rings. The molecule has 1 aliphatic carbocycles. The molecule has 0 bridgehead atoms. The number of hydrogen-bond donors (Lipinski definition) is 1. The van der Waals surface area contributed by atoms with Gasteiger partial charge in [-0.3, -0.25) is 4.79 Å². The molecule has 2 aromatic rings. The molecule has 2 atom stereocenters. The van der Waals surface area contributed by atoms with Crippen molar-refractivity contribution < 1.29 is 9.53 Å². The van der Waals surface area contributed by atoms with Crippen molar-refractivity contribution in [3.8, 4) is 5.75 Å². The summed E-state index contributed by atoms with van der Waals surface area (Å²) in [7, 11) is 0. The maximum atomic E-state index is 11.3. The number of ether oxygens (including phenoxy) is 1. The molecule has 0 saturated carbocycles. The largest absolute Gasteiger partial charge is 0.494 e. The van der Waals surface area contributed by atoms with Crippen LogP contribution in [-0.4, -0.2) is 19.1 Å². The van der Waals surface area contributed by atoms with Crippen LogP contribution in [0.3, 0.4) is 0 Å². The standard InChI is InChI=1S/C26H35NO2/c1-3-4-5-9-16-29-25-13-12-22-17-24(21-10-7-6-8-11-21)18-23(26(22)19-25)14-15-27-20(2)28/h6-8,10-13,19,23-24H,3-5,9,14-18H2,1-2H3,(H,27,28). The highest BCUT2D eigenvalue weighted by atomic mass is 16.5. The molecule has 156 valence electrons. The van der Waals surface area contributed by atoms with Crippen LogP contribution in [-0.2, 0) is 11.2 Å². The maximum absolute atomic E-state index is 11.3. The Labute approximate surface area is 175 Å². The summed E-state index contributed by atoms with van der Waals surface area (Å²) in [5.41, 5.74) is 4.25. The zero-order valence-electron chi connectivity index (χ0n) is 18.0. The van der Waals surface area contributed by atoms with E-state index in [9.17, 15) is 4.79 Å². The molecule has 3 nitrogen and oxygen atoms in total. The first kappa shape index (κ1) is 21.4. The highest BCUT2D eigenvalue weighted by Gasteiger charge is 2.28. The lowest BCUT2D eigenvalue weighted by atomic mass is 9.73. The number of carbonyl (C=O) groups is 1. The predicted molar refractivity (Wildman–Crippen MR) is 120 cm³/mol. The average molecular weight is 394 g/mol. The van der Waals surface area contributed by atoms with Crippen molar-refractivity contribution in [1.82, 2.24) is 5.32 Å². The summed E-state index contributed by atoms with van der Waals surface area (Å²) in [6, 6.07) is 17.5. The number of fused-ring (bicyclic) bond motifs is 1. The van der Waals surface area contributed by atoms with E-state index < -0.39 is 0 Å². The number of amides is 1. The molecule has 2 aromatic carbocycles. The zero-order chi connectivity index (χ0) is 20.5. The summed E-state index contributed by atoms with van der Waals surface area (Å²) in [5.74, 6) is 2.01. The summed E-state index contributed by atoms with van der Waals surface area (Å²) in [4.78, 5) is 11.3. The fraction of sp³-hybridized carbons (Fsp3) is 0.500. The van der Waals surface area contributed by atoms with Gasteiger partial charge in [-0.05, 0) is 66.3 Å². The summed E-state index contributed by atoms with van der Waals surface area (Å²) in [5, 5.41) is 2.98. The normalized spacial score (nSPS) is 18.1. The van der Waals surface area contributed by atoms with Crippen LogP contribution in [0.2, 0.25) is 0 Å². The quantitative estimate of drug-likeness (QED) is 0.504. The Bertz CT molecular complexity index is 772. The van der Waals surface area contributed by atoms with E-state index in [2.05, 4.69) is 60.8 Å². The molecule has 0 radical (unpaired) electrons. The van der Waals surface area contributed by atoms with Gasteiger partial charge in [-0.15, -0.1) is 0 Å². The van der Waals surface area contributed by atoms with Gasteiger partial charge in [-0.2, -0.15) is 0 Å². The molecule has 0 heterocycles. The Hall–Kier alpha value is -2.29. The van der Waals surface area contributed by atoms with Crippen molar-refractivity contribution in [1.29, 1.82) is 0 Å². The third-order valence-electron chi connectivity index (χ3n) is 6.00. The van der Waals surface area contributed by atoms with Crippen LogP contribution in [0.1, 0.15) is 80.9 Å². The number of hydrogen-bond acceptors (Lipinski definition) is 2. The Morgan fingerprint density at radius 2 is 1.93 bits per heavy atom. The minimum absolute atomic E-state index is 0.0461. The second-order valence-corrected chi connectivity index (χ2v) is 8.29. The van der Waals surface area contributed by atoms with Crippen molar-refractivity contribution >= 4 is 5.91 Å². The molecule has 1 aliphatic rings. The molecular weight excluding hydrogens is 358 g/mol. The SMILES string of the molecule is CCCCCCOc1ccc2c(c1)C(CCNC(C)=O)CC(c1ccccc1)C2. The molecule has 2 unspecified atom stereocenters. The van der Waals surface area contributed by atoms with E-state index in [4.69, 9.17) is 4.74 Å². The van der Waals surface area contributed by atoms with Crippen LogP contribution in [0, 0.1) is 0 Å². The minimum atomic E-state index is 0.0461. The van der Waals surface area contributed by atoms with E-state index >= 15 is 0 Å². The van der Waals surface area contributed by atoms with Crippen molar-refractivity contribution in [2.45, 2.75) is 70.6 Å². The van der Waals surface area contributed by atoms with Crippen molar-refractivity contribution in [2.24, 2.45) is 0 Å². The highest BCUT2D eigenvalue weighted by Crippen LogP contribution is 2.42. The number of rotatable bonds is 10.